The van der Waals surface area contributed by atoms with Crippen LogP contribution in [0, 0.1) is 0 Å². The summed E-state index contributed by atoms with van der Waals surface area (Å²) in [6.45, 7) is 2.22. The van der Waals surface area contributed by atoms with Crippen molar-refractivity contribution in [1.29, 1.82) is 0 Å². The molecule has 86 valence electrons. The summed E-state index contributed by atoms with van der Waals surface area (Å²) in [6.07, 6.45) is 0. The van der Waals surface area contributed by atoms with Crippen LogP contribution < -0.4 is 15.8 Å². The predicted molar refractivity (Wildman–Crippen MR) is 58.5 cm³/mol. The van der Waals surface area contributed by atoms with E-state index < -0.39 is 5.97 Å². The van der Waals surface area contributed by atoms with Crippen molar-refractivity contribution in [2.75, 3.05) is 13.2 Å². The highest BCUT2D eigenvalue weighted by Crippen LogP contribution is 2.27. The predicted octanol–water partition coefficient (Wildman–Crippen LogP) is 0.325. The monoisotopic (exact) mass is 222 g/mol. The summed E-state index contributed by atoms with van der Waals surface area (Å²) >= 11 is 0. The maximum atomic E-state index is 10.9. The summed E-state index contributed by atoms with van der Waals surface area (Å²) in [5, 5.41) is 12.1. The molecule has 2 rings (SSSR count). The molecule has 5 heteroatoms. The van der Waals surface area contributed by atoms with Gasteiger partial charge in [0, 0.05) is 30.8 Å². The lowest BCUT2D eigenvalue weighted by Gasteiger charge is -2.12. The molecule has 0 fully saturated rings. The Morgan fingerprint density at radius 2 is 2.38 bits per heavy atom. The van der Waals surface area contributed by atoms with E-state index >= 15 is 0 Å². The van der Waals surface area contributed by atoms with Crippen LogP contribution in [0.1, 0.15) is 21.5 Å². The molecule has 1 aromatic rings. The Labute approximate surface area is 93.2 Å². The molecule has 0 saturated carbocycles. The molecule has 1 heterocycles. The second kappa shape index (κ2) is 4.51. The van der Waals surface area contributed by atoms with Crippen LogP contribution in [0.3, 0.4) is 0 Å². The van der Waals surface area contributed by atoms with E-state index in [0.717, 1.165) is 23.4 Å². The quantitative estimate of drug-likeness (QED) is 0.671. The first kappa shape index (κ1) is 10.9. The van der Waals surface area contributed by atoms with Crippen LogP contribution >= 0.6 is 0 Å². The third-order valence-corrected chi connectivity index (χ3v) is 2.55. The fraction of sp³-hybridized carbons (Fsp3) is 0.364. The van der Waals surface area contributed by atoms with Crippen LogP contribution in [-0.4, -0.2) is 24.2 Å². The highest BCUT2D eigenvalue weighted by molar-refractivity contribution is 5.88. The van der Waals surface area contributed by atoms with E-state index in [4.69, 9.17) is 15.6 Å². The fourth-order valence-corrected chi connectivity index (χ4v) is 1.79. The number of carboxylic acid groups (broad SMARTS) is 1. The van der Waals surface area contributed by atoms with Gasteiger partial charge in [-0.1, -0.05) is 0 Å². The van der Waals surface area contributed by atoms with Gasteiger partial charge in [0.15, 0.2) is 0 Å². The van der Waals surface area contributed by atoms with Crippen LogP contribution in [0.2, 0.25) is 0 Å². The van der Waals surface area contributed by atoms with Crippen molar-refractivity contribution >= 4 is 5.97 Å². The van der Waals surface area contributed by atoms with Crippen LogP contribution in [0.15, 0.2) is 12.1 Å². The molecule has 0 bridgehead atoms. The van der Waals surface area contributed by atoms with Gasteiger partial charge in [0.2, 0.25) is 0 Å². The molecule has 1 aromatic carbocycles. The third kappa shape index (κ3) is 2.00. The van der Waals surface area contributed by atoms with E-state index in [1.54, 1.807) is 12.1 Å². The molecule has 0 radical (unpaired) electrons. The Bertz CT molecular complexity index is 418. The van der Waals surface area contributed by atoms with Gasteiger partial charge in [0.25, 0.3) is 0 Å². The average Bonchev–Trinajstić information content (AvgIpc) is 2.52. The third-order valence-electron chi connectivity index (χ3n) is 2.55. The Morgan fingerprint density at radius 3 is 3.06 bits per heavy atom. The highest BCUT2D eigenvalue weighted by Gasteiger charge is 2.16. The highest BCUT2D eigenvalue weighted by atomic mass is 16.5. The normalized spacial score (nSPS) is 14.8. The number of aromatic carboxylic acids is 1. The largest absolute Gasteiger partial charge is 0.492 e. The summed E-state index contributed by atoms with van der Waals surface area (Å²) in [6, 6.07) is 3.21. The lowest BCUT2D eigenvalue weighted by Crippen LogP contribution is -2.16. The minimum Gasteiger partial charge on any atom is -0.492 e. The molecule has 0 amide bonds. The molecule has 0 saturated heterocycles. The number of nitrogens with two attached hydrogens (primary N) is 1. The van der Waals surface area contributed by atoms with Crippen LogP contribution in [0.25, 0.3) is 0 Å². The lowest BCUT2D eigenvalue weighted by atomic mass is 10.0. The molecule has 16 heavy (non-hydrogen) atoms. The zero-order chi connectivity index (χ0) is 11.5. The molecule has 0 unspecified atom stereocenters. The molecule has 4 N–H and O–H groups in total. The van der Waals surface area contributed by atoms with Crippen LogP contribution in [0.5, 0.6) is 5.75 Å². The molecule has 1 aliphatic rings. The van der Waals surface area contributed by atoms with E-state index in [2.05, 4.69) is 5.32 Å². The van der Waals surface area contributed by atoms with Gasteiger partial charge in [0.05, 0.1) is 5.56 Å². The smallest absolute Gasteiger partial charge is 0.335 e. The van der Waals surface area contributed by atoms with Gasteiger partial charge in [0.1, 0.15) is 12.4 Å². The number of carboxylic acids is 1. The maximum absolute atomic E-state index is 10.9. The van der Waals surface area contributed by atoms with Gasteiger partial charge in [-0.25, -0.2) is 4.79 Å². The van der Waals surface area contributed by atoms with E-state index in [0.29, 0.717) is 13.2 Å². The Balaban J connectivity index is 2.50. The van der Waals surface area contributed by atoms with Gasteiger partial charge >= 0.3 is 5.97 Å². The maximum Gasteiger partial charge on any atom is 0.335 e. The number of rotatable bonds is 2. The fourth-order valence-electron chi connectivity index (χ4n) is 1.79. The molecule has 0 spiro atoms. The van der Waals surface area contributed by atoms with E-state index in [9.17, 15) is 4.79 Å². The summed E-state index contributed by atoms with van der Waals surface area (Å²) in [5.41, 5.74) is 7.46. The first-order valence-electron chi connectivity index (χ1n) is 5.15. The molecule has 0 atom stereocenters. The molecule has 0 aromatic heterocycles. The van der Waals surface area contributed by atoms with Crippen molar-refractivity contribution in [2.24, 2.45) is 5.73 Å². The summed E-state index contributed by atoms with van der Waals surface area (Å²) in [5.74, 6) is -0.209. The number of carbonyl (C=O) groups is 1. The first-order chi connectivity index (χ1) is 7.72. The summed E-state index contributed by atoms with van der Waals surface area (Å²) in [7, 11) is 0. The SMILES string of the molecule is NCc1cc(C(=O)O)cc2c1OCCNC2. The molecule has 5 nitrogen and oxygen atoms in total. The molecule has 1 aliphatic heterocycles. The summed E-state index contributed by atoms with van der Waals surface area (Å²) < 4.78 is 5.57. The molecule has 0 aliphatic carbocycles. The number of nitrogens with one attached hydrogen (secondary N) is 1. The first-order valence-corrected chi connectivity index (χ1v) is 5.15. The number of fused-ring (bicyclic) bond motifs is 1. The lowest BCUT2D eigenvalue weighted by molar-refractivity contribution is 0.0696. The Kier molecular flexibility index (Phi) is 3.07. The minimum atomic E-state index is -0.943. The molecular formula is C11H14N2O3. The number of benzene rings is 1. The van der Waals surface area contributed by atoms with Gasteiger partial charge < -0.3 is 20.9 Å². The van der Waals surface area contributed by atoms with Crippen molar-refractivity contribution in [1.82, 2.24) is 5.32 Å². The van der Waals surface area contributed by atoms with E-state index in [1.165, 1.54) is 0 Å². The van der Waals surface area contributed by atoms with Gasteiger partial charge in [-0.2, -0.15) is 0 Å². The molecular weight excluding hydrogens is 208 g/mol. The zero-order valence-electron chi connectivity index (χ0n) is 8.82. The number of ether oxygens (including phenoxy) is 1. The minimum absolute atomic E-state index is 0.256. The van der Waals surface area contributed by atoms with Crippen molar-refractivity contribution < 1.29 is 14.6 Å². The summed E-state index contributed by atoms with van der Waals surface area (Å²) in [4.78, 5) is 10.9. The van der Waals surface area contributed by atoms with Gasteiger partial charge in [-0.15, -0.1) is 0 Å². The second-order valence-corrected chi connectivity index (χ2v) is 3.66. The van der Waals surface area contributed by atoms with Crippen LogP contribution in [0.4, 0.5) is 0 Å². The van der Waals surface area contributed by atoms with Crippen LogP contribution in [-0.2, 0) is 13.1 Å². The Hall–Kier alpha value is -1.59. The zero-order valence-corrected chi connectivity index (χ0v) is 8.82. The van der Waals surface area contributed by atoms with Gasteiger partial charge in [-0.3, -0.25) is 0 Å². The standard InChI is InChI=1S/C11H14N2O3/c12-5-8-3-7(11(14)15)4-9-6-13-1-2-16-10(8)9/h3-4,13H,1-2,5-6,12H2,(H,14,15). The van der Waals surface area contributed by atoms with Gasteiger partial charge in [-0.05, 0) is 12.1 Å². The van der Waals surface area contributed by atoms with Crippen molar-refractivity contribution in [3.8, 4) is 5.75 Å². The number of hydrogen-bond acceptors (Lipinski definition) is 4. The second-order valence-electron chi connectivity index (χ2n) is 3.66. The average molecular weight is 222 g/mol. The van der Waals surface area contributed by atoms with Crippen molar-refractivity contribution in [3.05, 3.63) is 28.8 Å². The van der Waals surface area contributed by atoms with E-state index in [-0.39, 0.29) is 12.1 Å². The van der Waals surface area contributed by atoms with Crippen molar-refractivity contribution in [3.63, 3.8) is 0 Å². The topological polar surface area (TPSA) is 84.6 Å². The van der Waals surface area contributed by atoms with Crippen molar-refractivity contribution in [2.45, 2.75) is 13.1 Å². The Morgan fingerprint density at radius 1 is 1.56 bits per heavy atom. The number of hydrogen-bond donors (Lipinski definition) is 3. The van der Waals surface area contributed by atoms with E-state index in [1.807, 2.05) is 0 Å².